The molecular weight excluding hydrogens is 337 g/mol. The van der Waals surface area contributed by atoms with Gasteiger partial charge in [0.25, 0.3) is 5.91 Å². The third-order valence-corrected chi connectivity index (χ3v) is 3.99. The number of nitrogens with zero attached hydrogens (tertiary/aromatic N) is 1. The van der Waals surface area contributed by atoms with Gasteiger partial charge in [-0.1, -0.05) is 6.07 Å². The Bertz CT molecular complexity index is 774. The molecule has 0 bridgehead atoms. The Morgan fingerprint density at radius 2 is 1.77 bits per heavy atom. The van der Waals surface area contributed by atoms with Crippen molar-refractivity contribution < 1.29 is 18.7 Å². The second-order valence-electron chi connectivity index (χ2n) is 5.89. The molecule has 0 aliphatic carbocycles. The second kappa shape index (κ2) is 8.44. The highest BCUT2D eigenvalue weighted by atomic mass is 19.1. The van der Waals surface area contributed by atoms with E-state index in [1.165, 1.54) is 12.1 Å². The number of ether oxygens (including phenoxy) is 1. The monoisotopic (exact) mass is 357 g/mol. The van der Waals surface area contributed by atoms with Crippen LogP contribution >= 0.6 is 0 Å². The summed E-state index contributed by atoms with van der Waals surface area (Å²) in [5.41, 5.74) is 1.73. The number of hydrogen-bond acceptors (Lipinski definition) is 4. The fraction of sp³-hybridized carbons (Fsp3) is 0.263. The molecule has 2 aromatic carbocycles. The van der Waals surface area contributed by atoms with Crippen molar-refractivity contribution in [3.63, 3.8) is 0 Å². The minimum absolute atomic E-state index is 0.0350. The third-order valence-electron chi connectivity index (χ3n) is 3.99. The van der Waals surface area contributed by atoms with Gasteiger partial charge >= 0.3 is 0 Å². The molecule has 0 aromatic heterocycles. The molecule has 0 unspecified atom stereocenters. The summed E-state index contributed by atoms with van der Waals surface area (Å²) in [6, 6.07) is 12.6. The summed E-state index contributed by atoms with van der Waals surface area (Å²) in [5.74, 6) is -0.666. The summed E-state index contributed by atoms with van der Waals surface area (Å²) in [5, 5.41) is 5.66. The van der Waals surface area contributed by atoms with Crippen molar-refractivity contribution in [1.29, 1.82) is 0 Å². The Morgan fingerprint density at radius 3 is 2.50 bits per heavy atom. The van der Waals surface area contributed by atoms with E-state index in [4.69, 9.17) is 4.74 Å². The molecule has 1 fully saturated rings. The number of carbonyl (C=O) groups excluding carboxylic acids is 2. The van der Waals surface area contributed by atoms with Crippen LogP contribution in [0.3, 0.4) is 0 Å². The van der Waals surface area contributed by atoms with E-state index in [1.807, 2.05) is 0 Å². The molecule has 7 heteroatoms. The summed E-state index contributed by atoms with van der Waals surface area (Å²) >= 11 is 0. The van der Waals surface area contributed by atoms with Gasteiger partial charge in [-0.2, -0.15) is 0 Å². The topological polar surface area (TPSA) is 70.7 Å². The van der Waals surface area contributed by atoms with Gasteiger partial charge in [-0.05, 0) is 42.5 Å². The largest absolute Gasteiger partial charge is 0.378 e. The van der Waals surface area contributed by atoms with Crippen LogP contribution in [0.4, 0.5) is 15.8 Å². The zero-order valence-electron chi connectivity index (χ0n) is 14.2. The zero-order valence-corrected chi connectivity index (χ0v) is 14.2. The van der Waals surface area contributed by atoms with Crippen LogP contribution in [0, 0.1) is 5.82 Å². The summed E-state index contributed by atoms with van der Waals surface area (Å²) in [4.78, 5) is 26.3. The van der Waals surface area contributed by atoms with Crippen molar-refractivity contribution in [2.75, 3.05) is 43.5 Å². The van der Waals surface area contributed by atoms with E-state index < -0.39 is 0 Å². The van der Waals surface area contributed by atoms with Gasteiger partial charge < -0.3 is 20.3 Å². The second-order valence-corrected chi connectivity index (χ2v) is 5.89. The number of anilines is 2. The highest BCUT2D eigenvalue weighted by Gasteiger charge is 2.18. The summed E-state index contributed by atoms with van der Waals surface area (Å²) in [6.07, 6.45) is 0. The molecule has 0 atom stereocenters. The van der Waals surface area contributed by atoms with Gasteiger partial charge in [-0.25, -0.2) is 4.39 Å². The van der Waals surface area contributed by atoms with Crippen LogP contribution in [0.1, 0.15) is 10.4 Å². The quantitative estimate of drug-likeness (QED) is 0.862. The highest BCUT2D eigenvalue weighted by Crippen LogP contribution is 2.14. The number of hydrogen-bond donors (Lipinski definition) is 2. The number of amides is 2. The molecule has 0 spiro atoms. The minimum Gasteiger partial charge on any atom is -0.378 e. The van der Waals surface area contributed by atoms with E-state index in [0.29, 0.717) is 43.2 Å². The molecule has 2 N–H and O–H groups in total. The van der Waals surface area contributed by atoms with Gasteiger partial charge in [0.05, 0.1) is 19.8 Å². The molecule has 0 radical (unpaired) electrons. The molecule has 2 aromatic rings. The van der Waals surface area contributed by atoms with Crippen LogP contribution < -0.4 is 10.6 Å². The third kappa shape index (κ3) is 4.80. The Morgan fingerprint density at radius 1 is 1.04 bits per heavy atom. The van der Waals surface area contributed by atoms with Crippen molar-refractivity contribution in [2.45, 2.75) is 0 Å². The summed E-state index contributed by atoms with van der Waals surface area (Å²) in [7, 11) is 0. The van der Waals surface area contributed by atoms with Gasteiger partial charge in [0.1, 0.15) is 5.82 Å². The van der Waals surface area contributed by atoms with Crippen LogP contribution in [-0.4, -0.2) is 49.6 Å². The van der Waals surface area contributed by atoms with Crippen LogP contribution in [0.25, 0.3) is 0 Å². The van der Waals surface area contributed by atoms with Gasteiger partial charge in [-0.3, -0.25) is 9.59 Å². The van der Waals surface area contributed by atoms with Crippen LogP contribution in [0.15, 0.2) is 48.5 Å². The lowest BCUT2D eigenvalue weighted by Crippen LogP contribution is -2.40. The van der Waals surface area contributed by atoms with Crippen molar-refractivity contribution in [2.24, 2.45) is 0 Å². The first kappa shape index (κ1) is 17.9. The van der Waals surface area contributed by atoms with Crippen LogP contribution in [-0.2, 0) is 9.53 Å². The van der Waals surface area contributed by atoms with Crippen LogP contribution in [0.5, 0.6) is 0 Å². The van der Waals surface area contributed by atoms with Crippen LogP contribution in [0.2, 0.25) is 0 Å². The Labute approximate surface area is 150 Å². The van der Waals surface area contributed by atoms with Crippen molar-refractivity contribution >= 4 is 23.2 Å². The summed E-state index contributed by atoms with van der Waals surface area (Å²) < 4.78 is 18.1. The molecule has 136 valence electrons. The van der Waals surface area contributed by atoms with Crippen molar-refractivity contribution in [3.05, 3.63) is 59.9 Å². The average Bonchev–Trinajstić information content (AvgIpc) is 2.68. The van der Waals surface area contributed by atoms with E-state index in [1.54, 1.807) is 41.3 Å². The summed E-state index contributed by atoms with van der Waals surface area (Å²) in [6.45, 7) is 2.25. The molecular formula is C19H20FN3O3. The van der Waals surface area contributed by atoms with E-state index in [2.05, 4.69) is 10.6 Å². The maximum Gasteiger partial charge on any atom is 0.254 e. The fourth-order valence-electron chi connectivity index (χ4n) is 2.63. The lowest BCUT2D eigenvalue weighted by molar-refractivity contribution is -0.114. The maximum atomic E-state index is 12.9. The van der Waals surface area contributed by atoms with E-state index in [9.17, 15) is 14.0 Å². The first-order valence-corrected chi connectivity index (χ1v) is 8.38. The number of nitrogens with one attached hydrogen (secondary N) is 2. The lowest BCUT2D eigenvalue weighted by Gasteiger charge is -2.27. The molecule has 1 heterocycles. The molecule has 1 aliphatic heterocycles. The number of morpholine rings is 1. The molecule has 3 rings (SSSR count). The standard InChI is InChI=1S/C19H20FN3O3/c20-15-4-6-16(7-5-15)21-13-18(24)22-17-3-1-2-14(12-17)19(25)23-8-10-26-11-9-23/h1-7,12,21H,8-11,13H2,(H,22,24). The van der Waals surface area contributed by atoms with E-state index >= 15 is 0 Å². The normalized spacial score (nSPS) is 14.0. The number of halogens is 1. The SMILES string of the molecule is O=C(CNc1ccc(F)cc1)Nc1cccc(C(=O)N2CCOCC2)c1. The first-order chi connectivity index (χ1) is 12.6. The van der Waals surface area contributed by atoms with Gasteiger partial charge in [-0.15, -0.1) is 0 Å². The number of carbonyl (C=O) groups is 2. The molecule has 1 saturated heterocycles. The van der Waals surface area contributed by atoms with Gasteiger partial charge in [0.15, 0.2) is 0 Å². The molecule has 26 heavy (non-hydrogen) atoms. The Balaban J connectivity index is 1.56. The average molecular weight is 357 g/mol. The number of benzene rings is 2. The lowest BCUT2D eigenvalue weighted by atomic mass is 10.1. The molecule has 1 aliphatic rings. The Hall–Kier alpha value is -2.93. The first-order valence-electron chi connectivity index (χ1n) is 8.38. The van der Waals surface area contributed by atoms with E-state index in [0.717, 1.165) is 0 Å². The van der Waals surface area contributed by atoms with Gasteiger partial charge in [0, 0.05) is 30.0 Å². The molecule has 0 saturated carbocycles. The zero-order chi connectivity index (χ0) is 18.4. The molecule has 2 amide bonds. The minimum atomic E-state index is -0.332. The van der Waals surface area contributed by atoms with Crippen molar-refractivity contribution in [3.8, 4) is 0 Å². The maximum absolute atomic E-state index is 12.9. The van der Waals surface area contributed by atoms with E-state index in [-0.39, 0.29) is 24.2 Å². The molecule has 6 nitrogen and oxygen atoms in total. The number of rotatable bonds is 5. The fourth-order valence-corrected chi connectivity index (χ4v) is 2.63. The highest BCUT2D eigenvalue weighted by molar-refractivity contribution is 5.98. The van der Waals surface area contributed by atoms with Gasteiger partial charge in [0.2, 0.25) is 5.91 Å². The smallest absolute Gasteiger partial charge is 0.254 e. The predicted molar refractivity (Wildman–Crippen MR) is 96.7 cm³/mol. The Kier molecular flexibility index (Phi) is 5.80. The predicted octanol–water partition coefficient (Wildman–Crippen LogP) is 2.35. The van der Waals surface area contributed by atoms with Crippen molar-refractivity contribution in [1.82, 2.24) is 4.90 Å².